The van der Waals surface area contributed by atoms with Crippen LogP contribution in [0.2, 0.25) is 0 Å². The van der Waals surface area contributed by atoms with Gasteiger partial charge in [0.05, 0.1) is 0 Å². The number of nitriles is 1. The van der Waals surface area contributed by atoms with Crippen molar-refractivity contribution < 1.29 is 0 Å². The third-order valence-electron chi connectivity index (χ3n) is 2.15. The van der Waals surface area contributed by atoms with Crippen molar-refractivity contribution in [3.05, 3.63) is 5.56 Å². The summed E-state index contributed by atoms with van der Waals surface area (Å²) >= 11 is 1.23. The van der Waals surface area contributed by atoms with E-state index in [1.165, 1.54) is 11.5 Å². The molecule has 6 heteroatoms. The standard InChI is InChI=1S/C9H15N5S/c1-3-14(2)5-4-12-9-7(6-10)8(11)13-15-9/h12H,3-5H2,1-2H3,(H2,11,13). The van der Waals surface area contributed by atoms with Gasteiger partial charge in [-0.15, -0.1) is 0 Å². The van der Waals surface area contributed by atoms with Crippen LogP contribution in [0.5, 0.6) is 0 Å². The van der Waals surface area contributed by atoms with Gasteiger partial charge in [0.25, 0.3) is 0 Å². The van der Waals surface area contributed by atoms with Gasteiger partial charge in [-0.05, 0) is 25.1 Å². The molecule has 1 aromatic heterocycles. The molecule has 0 atom stereocenters. The molecule has 0 aromatic carbocycles. The zero-order valence-corrected chi connectivity index (χ0v) is 9.77. The molecule has 1 aromatic rings. The molecule has 0 fully saturated rings. The van der Waals surface area contributed by atoms with E-state index in [0.717, 1.165) is 24.6 Å². The summed E-state index contributed by atoms with van der Waals surface area (Å²) in [4.78, 5) is 2.18. The van der Waals surface area contributed by atoms with E-state index in [0.29, 0.717) is 11.4 Å². The molecule has 0 amide bonds. The van der Waals surface area contributed by atoms with Crippen LogP contribution < -0.4 is 11.1 Å². The molecule has 1 rings (SSSR count). The minimum Gasteiger partial charge on any atom is -0.382 e. The number of nitrogens with two attached hydrogens (primary N) is 1. The van der Waals surface area contributed by atoms with E-state index in [1.807, 2.05) is 13.1 Å². The van der Waals surface area contributed by atoms with Crippen LogP contribution in [-0.4, -0.2) is 36.0 Å². The first-order valence-corrected chi connectivity index (χ1v) is 5.54. The lowest BCUT2D eigenvalue weighted by atomic mass is 10.3. The number of nitrogen functional groups attached to an aromatic ring is 1. The third kappa shape index (κ3) is 3.08. The summed E-state index contributed by atoms with van der Waals surface area (Å²) < 4.78 is 3.93. The van der Waals surface area contributed by atoms with Crippen LogP contribution in [0.3, 0.4) is 0 Å². The minimum absolute atomic E-state index is 0.314. The molecule has 0 unspecified atom stereocenters. The lowest BCUT2D eigenvalue weighted by Gasteiger charge is -2.13. The highest BCUT2D eigenvalue weighted by atomic mass is 32.1. The fourth-order valence-corrected chi connectivity index (χ4v) is 1.74. The first-order chi connectivity index (χ1) is 7.19. The summed E-state index contributed by atoms with van der Waals surface area (Å²) in [6.07, 6.45) is 0. The zero-order valence-electron chi connectivity index (χ0n) is 8.95. The van der Waals surface area contributed by atoms with Crippen molar-refractivity contribution >= 4 is 22.4 Å². The Bertz CT molecular complexity index is 354. The molecule has 3 N–H and O–H groups in total. The SMILES string of the molecule is CCN(C)CCNc1snc(N)c1C#N. The largest absolute Gasteiger partial charge is 0.382 e. The second-order valence-electron chi connectivity index (χ2n) is 3.21. The van der Waals surface area contributed by atoms with Crippen molar-refractivity contribution in [3.8, 4) is 6.07 Å². The number of aromatic nitrogens is 1. The molecular formula is C9H15N5S. The second-order valence-corrected chi connectivity index (χ2v) is 3.98. The van der Waals surface area contributed by atoms with Gasteiger partial charge in [-0.2, -0.15) is 9.64 Å². The van der Waals surface area contributed by atoms with Crippen LogP contribution in [0.15, 0.2) is 0 Å². The number of hydrogen-bond donors (Lipinski definition) is 2. The predicted octanol–water partition coefficient (Wildman–Crippen LogP) is 0.961. The molecule has 0 bridgehead atoms. The molecule has 82 valence electrons. The van der Waals surface area contributed by atoms with Crippen LogP contribution in [-0.2, 0) is 0 Å². The Hall–Kier alpha value is -1.32. The summed E-state index contributed by atoms with van der Waals surface area (Å²) in [5.41, 5.74) is 5.99. The van der Waals surface area contributed by atoms with Gasteiger partial charge in [0, 0.05) is 13.1 Å². The van der Waals surface area contributed by atoms with Gasteiger partial charge in [-0.25, -0.2) is 0 Å². The van der Waals surface area contributed by atoms with Gasteiger partial charge in [-0.1, -0.05) is 6.92 Å². The van der Waals surface area contributed by atoms with Crippen molar-refractivity contribution in [1.29, 1.82) is 5.26 Å². The summed E-state index contributed by atoms with van der Waals surface area (Å²) in [6.45, 7) is 4.84. The van der Waals surface area contributed by atoms with E-state index >= 15 is 0 Å². The van der Waals surface area contributed by atoms with E-state index in [9.17, 15) is 0 Å². The molecule has 0 saturated carbocycles. The Balaban J connectivity index is 2.48. The molecular weight excluding hydrogens is 210 g/mol. The number of rotatable bonds is 5. The Morgan fingerprint density at radius 2 is 2.40 bits per heavy atom. The van der Waals surface area contributed by atoms with Crippen molar-refractivity contribution in [2.24, 2.45) is 0 Å². The summed E-state index contributed by atoms with van der Waals surface area (Å²) in [7, 11) is 2.05. The first-order valence-electron chi connectivity index (χ1n) is 4.76. The van der Waals surface area contributed by atoms with Gasteiger partial charge in [0.15, 0.2) is 5.82 Å². The number of likely N-dealkylation sites (N-methyl/N-ethyl adjacent to an activating group) is 1. The highest BCUT2D eigenvalue weighted by molar-refractivity contribution is 7.10. The highest BCUT2D eigenvalue weighted by Gasteiger charge is 2.09. The van der Waals surface area contributed by atoms with Crippen LogP contribution in [0.4, 0.5) is 10.8 Å². The second kappa shape index (κ2) is 5.53. The third-order valence-corrected chi connectivity index (χ3v) is 2.97. The highest BCUT2D eigenvalue weighted by Crippen LogP contribution is 2.25. The van der Waals surface area contributed by atoms with Crippen molar-refractivity contribution in [3.63, 3.8) is 0 Å². The lowest BCUT2D eigenvalue weighted by molar-refractivity contribution is 0.367. The summed E-state index contributed by atoms with van der Waals surface area (Å²) in [5.74, 6) is 0.314. The van der Waals surface area contributed by atoms with Crippen molar-refractivity contribution in [1.82, 2.24) is 9.27 Å². The van der Waals surface area contributed by atoms with Crippen LogP contribution in [0.25, 0.3) is 0 Å². The van der Waals surface area contributed by atoms with Crippen molar-refractivity contribution in [2.45, 2.75) is 6.92 Å². The van der Waals surface area contributed by atoms with Gasteiger partial charge in [0.2, 0.25) is 0 Å². The van der Waals surface area contributed by atoms with Crippen LogP contribution in [0.1, 0.15) is 12.5 Å². The molecule has 0 saturated heterocycles. The fourth-order valence-electron chi connectivity index (χ4n) is 1.05. The average Bonchev–Trinajstić information content (AvgIpc) is 2.59. The number of nitrogens with zero attached hydrogens (tertiary/aromatic N) is 3. The Kier molecular flexibility index (Phi) is 4.34. The van der Waals surface area contributed by atoms with E-state index in [1.54, 1.807) is 0 Å². The van der Waals surface area contributed by atoms with Crippen LogP contribution in [0, 0.1) is 11.3 Å². The van der Waals surface area contributed by atoms with E-state index in [-0.39, 0.29) is 0 Å². The number of anilines is 2. The minimum atomic E-state index is 0.314. The van der Waals surface area contributed by atoms with Gasteiger partial charge in [-0.3, -0.25) is 0 Å². The van der Waals surface area contributed by atoms with Crippen LogP contribution >= 0.6 is 11.5 Å². The normalized spacial score (nSPS) is 10.3. The maximum absolute atomic E-state index is 8.83. The van der Waals surface area contributed by atoms with E-state index in [4.69, 9.17) is 11.0 Å². The summed E-state index contributed by atoms with van der Waals surface area (Å²) in [5, 5.41) is 12.8. The molecule has 0 aliphatic rings. The molecule has 15 heavy (non-hydrogen) atoms. The lowest BCUT2D eigenvalue weighted by Crippen LogP contribution is -2.24. The molecule has 0 radical (unpaired) electrons. The molecule has 0 aliphatic heterocycles. The van der Waals surface area contributed by atoms with E-state index < -0.39 is 0 Å². The van der Waals surface area contributed by atoms with Crippen molar-refractivity contribution in [2.75, 3.05) is 37.7 Å². The molecule has 1 heterocycles. The van der Waals surface area contributed by atoms with Gasteiger partial charge < -0.3 is 16.0 Å². The van der Waals surface area contributed by atoms with Gasteiger partial charge in [0.1, 0.15) is 16.6 Å². The van der Waals surface area contributed by atoms with E-state index in [2.05, 4.69) is 21.5 Å². The topological polar surface area (TPSA) is 78.0 Å². The molecule has 0 aliphatic carbocycles. The Morgan fingerprint density at radius 3 is 3.00 bits per heavy atom. The predicted molar refractivity (Wildman–Crippen MR) is 62.9 cm³/mol. The molecule has 5 nitrogen and oxygen atoms in total. The maximum Gasteiger partial charge on any atom is 0.157 e. The number of hydrogen-bond acceptors (Lipinski definition) is 6. The fraction of sp³-hybridized carbons (Fsp3) is 0.556. The smallest absolute Gasteiger partial charge is 0.157 e. The zero-order chi connectivity index (χ0) is 11.3. The quantitative estimate of drug-likeness (QED) is 0.780. The summed E-state index contributed by atoms with van der Waals surface area (Å²) in [6, 6.07) is 2.04. The first kappa shape index (κ1) is 11.8. The Labute approximate surface area is 93.7 Å². The maximum atomic E-state index is 8.83. The number of nitrogens with one attached hydrogen (secondary N) is 1. The molecule has 0 spiro atoms. The van der Waals surface area contributed by atoms with Gasteiger partial charge >= 0.3 is 0 Å². The monoisotopic (exact) mass is 225 g/mol. The Morgan fingerprint density at radius 1 is 1.67 bits per heavy atom. The average molecular weight is 225 g/mol.